The van der Waals surface area contributed by atoms with E-state index >= 15 is 0 Å². The molecule has 2 unspecified atom stereocenters. The van der Waals surface area contributed by atoms with E-state index in [-0.39, 0.29) is 24.3 Å². The highest BCUT2D eigenvalue weighted by Gasteiger charge is 2.44. The van der Waals surface area contributed by atoms with Crippen molar-refractivity contribution in [3.05, 3.63) is 46.5 Å². The number of carbonyl (C=O) groups is 1. The topological polar surface area (TPSA) is 90.2 Å². The third-order valence-electron chi connectivity index (χ3n) is 6.65. The van der Waals surface area contributed by atoms with Crippen LogP contribution < -0.4 is 10.1 Å². The number of carbonyl (C=O) groups excluding carboxylic acids is 1. The molecule has 0 spiro atoms. The number of amides is 1. The molecule has 2 fully saturated rings. The summed E-state index contributed by atoms with van der Waals surface area (Å²) in [7, 11) is 1.60. The molecular weight excluding hydrogens is 482 g/mol. The molecule has 4 rings (SSSR count). The van der Waals surface area contributed by atoms with Crippen molar-refractivity contribution in [3.8, 4) is 5.88 Å². The van der Waals surface area contributed by atoms with E-state index in [0.29, 0.717) is 47.5 Å². The van der Waals surface area contributed by atoms with Crippen LogP contribution in [0.5, 0.6) is 5.88 Å². The van der Waals surface area contributed by atoms with Crippen molar-refractivity contribution in [3.63, 3.8) is 0 Å². The number of halogens is 1. The predicted octanol–water partition coefficient (Wildman–Crippen LogP) is 6.06. The highest BCUT2D eigenvalue weighted by molar-refractivity contribution is 6.33. The second-order valence-electron chi connectivity index (χ2n) is 9.97. The number of fused-ring (bicyclic) bond motifs is 2. The van der Waals surface area contributed by atoms with E-state index < -0.39 is 5.60 Å². The molecular formula is C26H32ClN5O4. The van der Waals surface area contributed by atoms with Crippen LogP contribution >= 0.6 is 11.6 Å². The maximum absolute atomic E-state index is 13.1. The maximum atomic E-state index is 13.1. The molecule has 2 atom stereocenters. The van der Waals surface area contributed by atoms with Crippen molar-refractivity contribution < 1.29 is 19.0 Å². The summed E-state index contributed by atoms with van der Waals surface area (Å²) in [6.45, 7) is 13.1. The van der Waals surface area contributed by atoms with E-state index in [1.807, 2.05) is 25.7 Å². The molecule has 0 radical (unpaired) electrons. The van der Waals surface area contributed by atoms with Crippen LogP contribution in [0.2, 0.25) is 5.02 Å². The molecule has 3 heterocycles. The van der Waals surface area contributed by atoms with E-state index in [1.165, 1.54) is 6.33 Å². The Bertz CT molecular complexity index is 1140. The monoisotopic (exact) mass is 513 g/mol. The molecule has 0 saturated carbocycles. The van der Waals surface area contributed by atoms with Crippen LogP contribution in [-0.2, 0) is 9.47 Å². The van der Waals surface area contributed by atoms with Crippen LogP contribution in [0.4, 0.5) is 22.0 Å². The second kappa shape index (κ2) is 10.9. The fourth-order valence-corrected chi connectivity index (χ4v) is 5.25. The Balaban J connectivity index is 1.45. The van der Waals surface area contributed by atoms with Gasteiger partial charge in [-0.1, -0.05) is 17.7 Å². The summed E-state index contributed by atoms with van der Waals surface area (Å²) in [6.07, 6.45) is 5.46. The zero-order valence-corrected chi connectivity index (χ0v) is 21.8. The van der Waals surface area contributed by atoms with Gasteiger partial charge in [-0.05, 0) is 52.2 Å². The number of hydrogen-bond donors (Lipinski definition) is 1. The molecule has 1 amide bonds. The molecule has 36 heavy (non-hydrogen) atoms. The quantitative estimate of drug-likeness (QED) is 0.450. The molecule has 9 nitrogen and oxygen atoms in total. The molecule has 2 bridgehead atoms. The van der Waals surface area contributed by atoms with Crippen molar-refractivity contribution in [2.45, 2.75) is 76.7 Å². The minimum absolute atomic E-state index is 0.0628. The summed E-state index contributed by atoms with van der Waals surface area (Å²) in [5.74, 6) is 1.08. The first-order valence-electron chi connectivity index (χ1n) is 12.1. The Morgan fingerprint density at radius 2 is 2.00 bits per heavy atom. The van der Waals surface area contributed by atoms with E-state index in [4.69, 9.17) is 32.4 Å². The van der Waals surface area contributed by atoms with E-state index in [0.717, 1.165) is 24.8 Å². The third-order valence-corrected chi connectivity index (χ3v) is 6.96. The SMILES string of the molecule is [C-]#[N+]c1ccc(Nc2ncnc(OC3CC4CCCC(C3)N4C(=O)OC(C)(C)COC)c2C)c(Cl)c1. The van der Waals surface area contributed by atoms with Gasteiger partial charge in [0, 0.05) is 32.0 Å². The van der Waals surface area contributed by atoms with Gasteiger partial charge in [0.05, 0.1) is 29.5 Å². The number of anilines is 2. The van der Waals surface area contributed by atoms with Gasteiger partial charge in [-0.3, -0.25) is 0 Å². The highest BCUT2D eigenvalue weighted by Crippen LogP contribution is 2.38. The van der Waals surface area contributed by atoms with Gasteiger partial charge in [0.2, 0.25) is 5.88 Å². The van der Waals surface area contributed by atoms with Gasteiger partial charge in [-0.25, -0.2) is 19.6 Å². The van der Waals surface area contributed by atoms with Gasteiger partial charge in [0.15, 0.2) is 5.69 Å². The number of piperidine rings is 2. The number of ether oxygens (including phenoxy) is 3. The summed E-state index contributed by atoms with van der Waals surface area (Å²) < 4.78 is 17.4. The van der Waals surface area contributed by atoms with E-state index in [9.17, 15) is 4.79 Å². The smallest absolute Gasteiger partial charge is 0.410 e. The van der Waals surface area contributed by atoms with Crippen LogP contribution in [0, 0.1) is 13.5 Å². The molecule has 2 saturated heterocycles. The first-order chi connectivity index (χ1) is 17.2. The van der Waals surface area contributed by atoms with Crippen molar-refractivity contribution in [2.75, 3.05) is 19.0 Å². The van der Waals surface area contributed by atoms with Crippen LogP contribution in [0.15, 0.2) is 24.5 Å². The number of rotatable bonds is 7. The van der Waals surface area contributed by atoms with Crippen molar-refractivity contribution in [1.82, 2.24) is 14.9 Å². The maximum Gasteiger partial charge on any atom is 0.410 e. The molecule has 1 aromatic carbocycles. The number of nitrogens with zero attached hydrogens (tertiary/aromatic N) is 4. The summed E-state index contributed by atoms with van der Waals surface area (Å²) in [4.78, 5) is 27.1. The fourth-order valence-electron chi connectivity index (χ4n) is 5.03. The average Bonchev–Trinajstić information content (AvgIpc) is 2.81. The standard InChI is InChI=1S/C26H32ClN5O4/c1-16-23(31-22-10-9-17(28-4)11-21(22)27)29-15-30-24(16)35-20-12-18-7-6-8-19(13-20)32(18)25(33)36-26(2,3)14-34-5/h9-11,15,18-20H,6-8,12-14H2,1-3,5H3,(H,29,30,31). The number of hydrogen-bond acceptors (Lipinski definition) is 7. The molecule has 1 N–H and O–H groups in total. The molecule has 10 heteroatoms. The number of nitrogens with one attached hydrogen (secondary N) is 1. The van der Waals surface area contributed by atoms with Crippen LogP contribution in [-0.4, -0.2) is 58.5 Å². The fraction of sp³-hybridized carbons (Fsp3) is 0.538. The van der Waals surface area contributed by atoms with Gasteiger partial charge < -0.3 is 24.4 Å². The minimum atomic E-state index is -0.686. The summed E-state index contributed by atoms with van der Waals surface area (Å²) in [5.41, 5.74) is 1.19. The molecule has 2 aliphatic heterocycles. The van der Waals surface area contributed by atoms with Gasteiger partial charge in [0.25, 0.3) is 0 Å². The van der Waals surface area contributed by atoms with Gasteiger partial charge in [-0.2, -0.15) is 0 Å². The average molecular weight is 514 g/mol. The lowest BCUT2D eigenvalue weighted by Crippen LogP contribution is -2.58. The van der Waals surface area contributed by atoms with Crippen LogP contribution in [0.3, 0.4) is 0 Å². The lowest BCUT2D eigenvalue weighted by molar-refractivity contribution is -0.0656. The highest BCUT2D eigenvalue weighted by atomic mass is 35.5. The summed E-state index contributed by atoms with van der Waals surface area (Å²) in [6, 6.07) is 5.18. The Morgan fingerprint density at radius 1 is 1.28 bits per heavy atom. The second-order valence-corrected chi connectivity index (χ2v) is 10.4. The van der Waals surface area contributed by atoms with Crippen molar-refractivity contribution in [2.24, 2.45) is 0 Å². The molecule has 192 valence electrons. The number of aromatic nitrogens is 2. The Hall–Kier alpha value is -3.09. The van der Waals surface area contributed by atoms with Crippen molar-refractivity contribution >= 4 is 34.9 Å². The minimum Gasteiger partial charge on any atom is -0.474 e. The Morgan fingerprint density at radius 3 is 2.64 bits per heavy atom. The lowest BCUT2D eigenvalue weighted by Gasteiger charge is -2.48. The Kier molecular flexibility index (Phi) is 7.86. The summed E-state index contributed by atoms with van der Waals surface area (Å²) in [5, 5.41) is 3.65. The first-order valence-corrected chi connectivity index (χ1v) is 12.5. The molecule has 0 aliphatic carbocycles. The zero-order chi connectivity index (χ0) is 25.9. The molecule has 2 aromatic rings. The van der Waals surface area contributed by atoms with Gasteiger partial charge in [0.1, 0.15) is 23.9 Å². The lowest BCUT2D eigenvalue weighted by atomic mass is 9.83. The van der Waals surface area contributed by atoms with Crippen LogP contribution in [0.25, 0.3) is 4.85 Å². The van der Waals surface area contributed by atoms with Gasteiger partial charge in [-0.15, -0.1) is 0 Å². The summed E-state index contributed by atoms with van der Waals surface area (Å²) >= 11 is 6.33. The van der Waals surface area contributed by atoms with Gasteiger partial charge >= 0.3 is 6.09 Å². The zero-order valence-electron chi connectivity index (χ0n) is 21.1. The normalized spacial score (nSPS) is 21.4. The van der Waals surface area contributed by atoms with E-state index in [1.54, 1.807) is 25.3 Å². The number of methoxy groups -OCH3 is 1. The molecule has 1 aromatic heterocycles. The number of benzene rings is 1. The Labute approximate surface area is 216 Å². The van der Waals surface area contributed by atoms with E-state index in [2.05, 4.69) is 20.1 Å². The largest absolute Gasteiger partial charge is 0.474 e. The first kappa shape index (κ1) is 26.0. The third kappa shape index (κ3) is 5.82. The van der Waals surface area contributed by atoms with Crippen molar-refractivity contribution in [1.29, 1.82) is 0 Å². The predicted molar refractivity (Wildman–Crippen MR) is 137 cm³/mol. The molecule has 2 aliphatic rings. The van der Waals surface area contributed by atoms with Crippen LogP contribution in [0.1, 0.15) is 51.5 Å².